The normalized spacial score (nSPS) is 33.6. The van der Waals surface area contributed by atoms with Gasteiger partial charge in [0.25, 0.3) is 0 Å². The zero-order chi connectivity index (χ0) is 16.1. The summed E-state index contributed by atoms with van der Waals surface area (Å²) in [4.78, 5) is 22.0. The molecule has 3 heterocycles. The predicted octanol–water partition coefficient (Wildman–Crippen LogP) is 1.37. The maximum absolute atomic E-state index is 11.9. The summed E-state index contributed by atoms with van der Waals surface area (Å²) in [6, 6.07) is 0. The molecule has 0 radical (unpaired) electrons. The van der Waals surface area contributed by atoms with Crippen molar-refractivity contribution in [2.75, 3.05) is 39.3 Å². The number of hydrogen-bond acceptors (Lipinski definition) is 5. The van der Waals surface area contributed by atoms with Crippen LogP contribution in [0, 0.1) is 5.92 Å². The Kier molecular flexibility index (Phi) is 6.28. The van der Waals surface area contributed by atoms with Crippen LogP contribution in [0.1, 0.15) is 45.4 Å². The Labute approximate surface area is 139 Å². The fraction of sp³-hybridized carbons (Fsp3) is 0.941. The molecule has 0 saturated carbocycles. The lowest BCUT2D eigenvalue weighted by atomic mass is 9.96. The molecular weight excluding hydrogens is 294 g/mol. The van der Waals surface area contributed by atoms with Crippen LogP contribution in [0.5, 0.6) is 0 Å². The number of piperidine rings is 2. The van der Waals surface area contributed by atoms with Crippen LogP contribution in [0.15, 0.2) is 0 Å². The number of hydroxylamine groups is 1. The lowest BCUT2D eigenvalue weighted by molar-refractivity contribution is -0.221. The largest absolute Gasteiger partial charge is 0.354 e. The van der Waals surface area contributed by atoms with Gasteiger partial charge in [-0.15, -0.1) is 0 Å². The van der Waals surface area contributed by atoms with Gasteiger partial charge in [-0.3, -0.25) is 9.63 Å². The van der Waals surface area contributed by atoms with Gasteiger partial charge in [-0.2, -0.15) is 5.48 Å². The Morgan fingerprint density at radius 3 is 2.78 bits per heavy atom. The van der Waals surface area contributed by atoms with E-state index in [0.717, 1.165) is 32.5 Å². The summed E-state index contributed by atoms with van der Waals surface area (Å²) in [5, 5.41) is 0. The molecule has 1 N–H and O–H groups in total. The highest BCUT2D eigenvalue weighted by Crippen LogP contribution is 2.24. The van der Waals surface area contributed by atoms with Crippen molar-refractivity contribution in [2.24, 2.45) is 5.92 Å². The number of nitrogens with zero attached hydrogens (tertiary/aromatic N) is 2. The molecule has 3 fully saturated rings. The third kappa shape index (κ3) is 4.66. The second kappa shape index (κ2) is 8.42. The summed E-state index contributed by atoms with van der Waals surface area (Å²) in [5.74, 6) is 0.569. The smallest absolute Gasteiger partial charge is 0.222 e. The first-order chi connectivity index (χ1) is 11.3. The van der Waals surface area contributed by atoms with Gasteiger partial charge in [0.05, 0.1) is 12.7 Å². The SMILES string of the molecule is CCC(=O)N1CCCC(C2NOCC(CN3CCCCC3)O2)C1. The molecule has 3 aliphatic heterocycles. The molecular formula is C17H31N3O3. The van der Waals surface area contributed by atoms with Crippen LogP contribution in [0.4, 0.5) is 0 Å². The highest BCUT2D eigenvalue weighted by atomic mass is 16.7. The first-order valence-electron chi connectivity index (χ1n) is 9.29. The lowest BCUT2D eigenvalue weighted by Crippen LogP contribution is -2.55. The Hall–Kier alpha value is -0.690. The van der Waals surface area contributed by atoms with Crippen molar-refractivity contribution in [3.63, 3.8) is 0 Å². The van der Waals surface area contributed by atoms with Gasteiger partial charge in [0.15, 0.2) is 0 Å². The molecule has 0 aliphatic carbocycles. The zero-order valence-corrected chi connectivity index (χ0v) is 14.3. The molecule has 3 aliphatic rings. The molecule has 0 aromatic heterocycles. The number of likely N-dealkylation sites (tertiary alicyclic amines) is 2. The molecule has 132 valence electrons. The molecule has 3 saturated heterocycles. The summed E-state index contributed by atoms with van der Waals surface area (Å²) >= 11 is 0. The Morgan fingerprint density at radius 2 is 2.00 bits per heavy atom. The van der Waals surface area contributed by atoms with E-state index in [1.807, 2.05) is 11.8 Å². The minimum absolute atomic E-state index is 0.0917. The van der Waals surface area contributed by atoms with E-state index in [1.54, 1.807) is 0 Å². The van der Waals surface area contributed by atoms with E-state index in [9.17, 15) is 4.79 Å². The fourth-order valence-electron chi connectivity index (χ4n) is 3.94. The van der Waals surface area contributed by atoms with Crippen LogP contribution in [0.3, 0.4) is 0 Å². The van der Waals surface area contributed by atoms with Crippen molar-refractivity contribution in [2.45, 2.75) is 57.8 Å². The van der Waals surface area contributed by atoms with Crippen molar-refractivity contribution in [3.8, 4) is 0 Å². The molecule has 0 aromatic rings. The number of ether oxygens (including phenoxy) is 1. The van der Waals surface area contributed by atoms with Crippen LogP contribution < -0.4 is 5.48 Å². The monoisotopic (exact) mass is 325 g/mol. The first kappa shape index (κ1) is 17.1. The third-order valence-electron chi connectivity index (χ3n) is 5.26. The average molecular weight is 325 g/mol. The van der Waals surface area contributed by atoms with Crippen molar-refractivity contribution in [3.05, 3.63) is 0 Å². The van der Waals surface area contributed by atoms with Crippen molar-refractivity contribution in [1.82, 2.24) is 15.3 Å². The quantitative estimate of drug-likeness (QED) is 0.846. The molecule has 0 aromatic carbocycles. The maximum Gasteiger partial charge on any atom is 0.222 e. The highest BCUT2D eigenvalue weighted by molar-refractivity contribution is 5.75. The van der Waals surface area contributed by atoms with Gasteiger partial charge in [0.2, 0.25) is 5.91 Å². The summed E-state index contributed by atoms with van der Waals surface area (Å²) in [6.45, 7) is 7.53. The van der Waals surface area contributed by atoms with Crippen LogP contribution in [-0.2, 0) is 14.4 Å². The minimum atomic E-state index is -0.0917. The van der Waals surface area contributed by atoms with Crippen LogP contribution in [0.25, 0.3) is 0 Å². The average Bonchev–Trinajstić information content (AvgIpc) is 2.62. The van der Waals surface area contributed by atoms with E-state index >= 15 is 0 Å². The Bertz CT molecular complexity index is 387. The summed E-state index contributed by atoms with van der Waals surface area (Å²) in [5.41, 5.74) is 3.05. The summed E-state index contributed by atoms with van der Waals surface area (Å²) in [7, 11) is 0. The van der Waals surface area contributed by atoms with Gasteiger partial charge in [-0.1, -0.05) is 13.3 Å². The second-order valence-electron chi connectivity index (χ2n) is 7.06. The Morgan fingerprint density at radius 1 is 1.17 bits per heavy atom. The van der Waals surface area contributed by atoms with Gasteiger partial charge >= 0.3 is 0 Å². The van der Waals surface area contributed by atoms with E-state index in [2.05, 4.69) is 10.4 Å². The maximum atomic E-state index is 11.9. The van der Waals surface area contributed by atoms with E-state index in [4.69, 9.17) is 9.57 Å². The molecule has 3 unspecified atom stereocenters. The lowest BCUT2D eigenvalue weighted by Gasteiger charge is -2.41. The second-order valence-corrected chi connectivity index (χ2v) is 7.06. The molecule has 0 spiro atoms. The van der Waals surface area contributed by atoms with Crippen molar-refractivity contribution < 1.29 is 14.4 Å². The number of hydrogen-bond donors (Lipinski definition) is 1. The number of carbonyl (C=O) groups is 1. The zero-order valence-electron chi connectivity index (χ0n) is 14.3. The molecule has 6 heteroatoms. The topological polar surface area (TPSA) is 54.0 Å². The molecule has 23 heavy (non-hydrogen) atoms. The van der Waals surface area contributed by atoms with Crippen molar-refractivity contribution in [1.29, 1.82) is 0 Å². The highest BCUT2D eigenvalue weighted by Gasteiger charge is 2.34. The molecule has 1 amide bonds. The fourth-order valence-corrected chi connectivity index (χ4v) is 3.94. The number of nitrogens with one attached hydrogen (secondary N) is 1. The van der Waals surface area contributed by atoms with E-state index in [-0.39, 0.29) is 18.2 Å². The van der Waals surface area contributed by atoms with Gasteiger partial charge in [0, 0.05) is 32.0 Å². The number of carbonyl (C=O) groups excluding carboxylic acids is 1. The first-order valence-corrected chi connectivity index (χ1v) is 9.29. The van der Waals surface area contributed by atoms with E-state index in [1.165, 1.54) is 32.4 Å². The molecule has 0 bridgehead atoms. The summed E-state index contributed by atoms with van der Waals surface area (Å²) < 4.78 is 6.27. The number of amides is 1. The molecule has 3 atom stereocenters. The van der Waals surface area contributed by atoms with E-state index < -0.39 is 0 Å². The van der Waals surface area contributed by atoms with Gasteiger partial charge in [0.1, 0.15) is 6.23 Å². The van der Waals surface area contributed by atoms with Gasteiger partial charge in [-0.25, -0.2) is 0 Å². The van der Waals surface area contributed by atoms with E-state index in [0.29, 0.717) is 18.9 Å². The predicted molar refractivity (Wildman–Crippen MR) is 87.6 cm³/mol. The van der Waals surface area contributed by atoms with Crippen LogP contribution >= 0.6 is 0 Å². The van der Waals surface area contributed by atoms with Gasteiger partial charge < -0.3 is 14.5 Å². The standard InChI is InChI=1S/C17H31N3O3/c1-2-16(21)20-10-6-7-14(11-20)17-18-22-13-15(23-17)12-19-8-4-3-5-9-19/h14-15,17-18H,2-13H2,1H3. The summed E-state index contributed by atoms with van der Waals surface area (Å²) in [6.07, 6.45) is 6.71. The van der Waals surface area contributed by atoms with Gasteiger partial charge in [-0.05, 0) is 38.8 Å². The Balaban J connectivity index is 1.50. The number of rotatable bonds is 4. The van der Waals surface area contributed by atoms with Crippen molar-refractivity contribution >= 4 is 5.91 Å². The van der Waals surface area contributed by atoms with Crippen LogP contribution in [0.2, 0.25) is 0 Å². The third-order valence-corrected chi connectivity index (χ3v) is 5.26. The molecule has 3 rings (SSSR count). The van der Waals surface area contributed by atoms with Crippen LogP contribution in [-0.4, -0.2) is 67.4 Å². The molecule has 6 nitrogen and oxygen atoms in total. The minimum Gasteiger partial charge on any atom is -0.354 e.